The van der Waals surface area contributed by atoms with Gasteiger partial charge in [0.05, 0.1) is 5.69 Å². The summed E-state index contributed by atoms with van der Waals surface area (Å²) in [7, 11) is 0. The number of piperazine rings is 1. The number of hydrogen-bond donors (Lipinski definition) is 0. The van der Waals surface area contributed by atoms with Gasteiger partial charge in [-0.25, -0.2) is 4.39 Å². The van der Waals surface area contributed by atoms with E-state index in [0.29, 0.717) is 55.1 Å². The van der Waals surface area contributed by atoms with Crippen LogP contribution in [0.25, 0.3) is 5.65 Å². The average Bonchev–Trinajstić information content (AvgIpc) is 3.46. The predicted octanol–water partition coefficient (Wildman–Crippen LogP) is 4.82. The number of anilines is 1. The van der Waals surface area contributed by atoms with E-state index in [0.717, 1.165) is 12.8 Å². The Kier molecular flexibility index (Phi) is 5.49. The first kappa shape index (κ1) is 21.5. The van der Waals surface area contributed by atoms with Crippen molar-refractivity contribution in [2.75, 3.05) is 31.1 Å². The molecule has 0 spiro atoms. The predicted molar refractivity (Wildman–Crippen MR) is 113 cm³/mol. The quantitative estimate of drug-likeness (QED) is 0.505. The van der Waals surface area contributed by atoms with Crippen LogP contribution in [-0.2, 0) is 19.1 Å². The summed E-state index contributed by atoms with van der Waals surface area (Å²) >= 11 is 5.82. The summed E-state index contributed by atoms with van der Waals surface area (Å²) in [5.41, 5.74) is -0.215. The Bertz CT molecular complexity index is 1130. The number of nitrogens with zero attached hydrogens (tertiary/aromatic N) is 5. The van der Waals surface area contributed by atoms with Gasteiger partial charge in [-0.05, 0) is 48.6 Å². The maximum Gasteiger partial charge on any atom is 0.420 e. The zero-order valence-corrected chi connectivity index (χ0v) is 18.0. The Labute approximate surface area is 187 Å². The van der Waals surface area contributed by atoms with Crippen LogP contribution in [0, 0.1) is 11.7 Å². The molecule has 5 rings (SSSR count). The van der Waals surface area contributed by atoms with Crippen LogP contribution in [0.4, 0.5) is 23.2 Å². The third kappa shape index (κ3) is 4.28. The Balaban J connectivity index is 1.35. The first-order valence-electron chi connectivity index (χ1n) is 10.6. The minimum Gasteiger partial charge on any atom is -0.367 e. The zero-order valence-electron chi connectivity index (χ0n) is 17.2. The van der Waals surface area contributed by atoms with Crippen LogP contribution in [0.5, 0.6) is 0 Å². The molecule has 2 aliphatic rings. The molecule has 1 aliphatic heterocycles. The van der Waals surface area contributed by atoms with Crippen molar-refractivity contribution in [1.82, 2.24) is 19.5 Å². The topological polar surface area (TPSA) is 36.7 Å². The number of fused-ring (bicyclic) bond motifs is 1. The monoisotopic (exact) mass is 466 g/mol. The van der Waals surface area contributed by atoms with Gasteiger partial charge in [-0.2, -0.15) is 13.2 Å². The lowest BCUT2D eigenvalue weighted by Gasteiger charge is -2.36. The Morgan fingerprint density at radius 1 is 1.03 bits per heavy atom. The van der Waals surface area contributed by atoms with Crippen molar-refractivity contribution in [3.05, 3.63) is 58.3 Å². The maximum absolute atomic E-state index is 14.2. The van der Waals surface area contributed by atoms with Crippen LogP contribution >= 0.6 is 11.6 Å². The summed E-state index contributed by atoms with van der Waals surface area (Å²) < 4.78 is 57.7. The Morgan fingerprint density at radius 3 is 2.44 bits per heavy atom. The lowest BCUT2D eigenvalue weighted by molar-refractivity contribution is -0.137. The molecule has 2 fully saturated rings. The molecule has 0 radical (unpaired) electrons. The molecule has 0 atom stereocenters. The second-order valence-electron chi connectivity index (χ2n) is 8.53. The highest BCUT2D eigenvalue weighted by molar-refractivity contribution is 6.30. The van der Waals surface area contributed by atoms with Gasteiger partial charge in [0.15, 0.2) is 5.65 Å². The number of hydrogen-bond acceptors (Lipinski definition) is 4. The standard InChI is InChI=1S/C22H22ClF4N5/c23-16-3-4-18(17(24)12-16)31-9-7-30(8-10-31)13-15-5-6-32-19(11-14-1-2-14)28-29-21(32)20(15)22(25,26)27/h3-6,12,14H,1-2,7-11,13H2/i24-1. The van der Waals surface area contributed by atoms with Crippen LogP contribution in [0.2, 0.25) is 5.02 Å². The second kappa shape index (κ2) is 8.19. The number of aromatic nitrogens is 3. The molecule has 1 saturated carbocycles. The zero-order chi connectivity index (χ0) is 22.5. The van der Waals surface area contributed by atoms with Crippen LogP contribution in [0.1, 0.15) is 29.8 Å². The van der Waals surface area contributed by atoms with Crippen molar-refractivity contribution in [2.45, 2.75) is 32.0 Å². The number of rotatable bonds is 5. The normalized spacial score (nSPS) is 18.0. The highest BCUT2D eigenvalue weighted by Crippen LogP contribution is 2.37. The molecule has 0 N–H and O–H groups in total. The minimum absolute atomic E-state index is 0.132. The lowest BCUT2D eigenvalue weighted by atomic mass is 10.1. The van der Waals surface area contributed by atoms with Gasteiger partial charge in [-0.1, -0.05) is 11.6 Å². The van der Waals surface area contributed by atoms with Crippen LogP contribution < -0.4 is 4.90 Å². The summed E-state index contributed by atoms with van der Waals surface area (Å²) in [6, 6.07) is 6.06. The van der Waals surface area contributed by atoms with Crippen LogP contribution in [-0.4, -0.2) is 45.7 Å². The van der Waals surface area contributed by atoms with Crippen molar-refractivity contribution < 1.29 is 17.6 Å². The molecule has 0 unspecified atom stereocenters. The number of benzene rings is 1. The maximum atomic E-state index is 14.2. The molecule has 1 aromatic carbocycles. The Hall–Kier alpha value is -2.39. The van der Waals surface area contributed by atoms with Crippen LogP contribution in [0.3, 0.4) is 0 Å². The lowest BCUT2D eigenvalue weighted by Crippen LogP contribution is -2.46. The van der Waals surface area contributed by atoms with E-state index in [-0.39, 0.29) is 17.8 Å². The minimum atomic E-state index is -4.53. The fraction of sp³-hybridized carbons (Fsp3) is 0.455. The molecular formula is C22H22ClF4N5. The third-order valence-corrected chi connectivity index (χ3v) is 6.44. The van der Waals surface area contributed by atoms with Gasteiger partial charge in [0.2, 0.25) is 0 Å². The fourth-order valence-electron chi connectivity index (χ4n) is 4.33. The molecule has 1 aliphatic carbocycles. The smallest absolute Gasteiger partial charge is 0.367 e. The van der Waals surface area contributed by atoms with Crippen molar-refractivity contribution in [1.29, 1.82) is 0 Å². The first-order valence-corrected chi connectivity index (χ1v) is 11.0. The van der Waals surface area contributed by atoms with Crippen molar-refractivity contribution in [3.8, 4) is 0 Å². The SMILES string of the molecule is FC(F)(F)c1c(CN2CCN(c3ccc(Cl)cc3[18F])CC2)ccn2c(CC3CC3)nnc12. The van der Waals surface area contributed by atoms with E-state index in [1.54, 1.807) is 18.3 Å². The molecule has 1 saturated heterocycles. The molecule has 10 heteroatoms. The number of halogens is 5. The highest BCUT2D eigenvalue weighted by atomic mass is 35.5. The van der Waals surface area contributed by atoms with Gasteiger partial charge in [0.1, 0.15) is 17.2 Å². The number of pyridine rings is 1. The van der Waals surface area contributed by atoms with Crippen molar-refractivity contribution in [2.24, 2.45) is 5.92 Å². The molecule has 5 nitrogen and oxygen atoms in total. The summed E-state index contributed by atoms with van der Waals surface area (Å²) in [5, 5.41) is 8.27. The summed E-state index contributed by atoms with van der Waals surface area (Å²) in [6.45, 7) is 2.21. The molecule has 0 amide bonds. The van der Waals surface area contributed by atoms with Crippen molar-refractivity contribution >= 4 is 22.9 Å². The fourth-order valence-corrected chi connectivity index (χ4v) is 4.49. The van der Waals surface area contributed by atoms with E-state index in [1.807, 2.05) is 9.80 Å². The van der Waals surface area contributed by atoms with E-state index in [2.05, 4.69) is 10.2 Å². The van der Waals surface area contributed by atoms with Gasteiger partial charge in [-0.3, -0.25) is 9.30 Å². The van der Waals surface area contributed by atoms with Crippen molar-refractivity contribution in [3.63, 3.8) is 0 Å². The average molecular weight is 467 g/mol. The van der Waals surface area contributed by atoms with Gasteiger partial charge >= 0.3 is 6.18 Å². The van der Waals surface area contributed by atoms with Gasteiger partial charge in [-0.15, -0.1) is 10.2 Å². The van der Waals surface area contributed by atoms with Crippen LogP contribution in [0.15, 0.2) is 30.5 Å². The largest absolute Gasteiger partial charge is 0.420 e. The van der Waals surface area contributed by atoms with Gasteiger partial charge in [0.25, 0.3) is 0 Å². The summed E-state index contributed by atoms with van der Waals surface area (Å²) in [5.74, 6) is 0.681. The van der Waals surface area contributed by atoms with Gasteiger partial charge in [0, 0.05) is 50.4 Å². The molecule has 0 bridgehead atoms. The highest BCUT2D eigenvalue weighted by Gasteiger charge is 2.38. The molecule has 3 aromatic rings. The summed E-state index contributed by atoms with van der Waals surface area (Å²) in [6.07, 6.45) is -0.0516. The second-order valence-corrected chi connectivity index (χ2v) is 8.97. The van der Waals surface area contributed by atoms with E-state index < -0.39 is 17.6 Å². The molecule has 32 heavy (non-hydrogen) atoms. The third-order valence-electron chi connectivity index (χ3n) is 6.20. The molecular weight excluding hydrogens is 445 g/mol. The Morgan fingerprint density at radius 2 is 1.78 bits per heavy atom. The summed E-state index contributed by atoms with van der Waals surface area (Å²) in [4.78, 5) is 3.84. The first-order chi connectivity index (χ1) is 15.3. The number of alkyl halides is 3. The molecule has 2 aromatic heterocycles. The van der Waals surface area contributed by atoms with E-state index in [1.165, 1.54) is 16.5 Å². The van der Waals surface area contributed by atoms with E-state index in [4.69, 9.17) is 11.6 Å². The van der Waals surface area contributed by atoms with E-state index in [9.17, 15) is 17.6 Å². The van der Waals surface area contributed by atoms with E-state index >= 15 is 0 Å². The van der Waals surface area contributed by atoms with Gasteiger partial charge < -0.3 is 4.90 Å². The molecule has 170 valence electrons. The molecule has 3 heterocycles.